The van der Waals surface area contributed by atoms with E-state index in [-0.39, 0.29) is 0 Å². The summed E-state index contributed by atoms with van der Waals surface area (Å²) in [6.07, 6.45) is 3.38. The molecule has 0 saturated carbocycles. The van der Waals surface area contributed by atoms with Crippen molar-refractivity contribution >= 4 is 17.3 Å². The summed E-state index contributed by atoms with van der Waals surface area (Å²) in [5.41, 5.74) is 1.92. The number of rotatable bonds is 5. The van der Waals surface area contributed by atoms with Gasteiger partial charge in [0.2, 0.25) is 0 Å². The Morgan fingerprint density at radius 3 is 2.89 bits per heavy atom. The summed E-state index contributed by atoms with van der Waals surface area (Å²) in [6.45, 7) is 3.29. The number of hydrogen-bond acceptors (Lipinski definition) is 3. The quantitative estimate of drug-likeness (QED) is 0.891. The predicted octanol–water partition coefficient (Wildman–Crippen LogP) is 3.75. The molecule has 0 unspecified atom stereocenters. The van der Waals surface area contributed by atoms with Gasteiger partial charge >= 0.3 is 0 Å². The van der Waals surface area contributed by atoms with Gasteiger partial charge in [-0.1, -0.05) is 29.8 Å². The van der Waals surface area contributed by atoms with Crippen molar-refractivity contribution in [3.05, 3.63) is 53.3 Å². The lowest BCUT2D eigenvalue weighted by Gasteiger charge is -2.12. The maximum absolute atomic E-state index is 6.06. The van der Waals surface area contributed by atoms with Gasteiger partial charge in [0, 0.05) is 18.3 Å². The molecular formula is C14H15ClN2O. The van der Waals surface area contributed by atoms with Crippen molar-refractivity contribution in [3.8, 4) is 5.75 Å². The summed E-state index contributed by atoms with van der Waals surface area (Å²) in [5, 5.41) is 3.92. The lowest BCUT2D eigenvalue weighted by molar-refractivity contribution is 0.337. The molecule has 94 valence electrons. The summed E-state index contributed by atoms with van der Waals surface area (Å²) >= 11 is 6.06. The summed E-state index contributed by atoms with van der Waals surface area (Å²) in [7, 11) is 0. The van der Waals surface area contributed by atoms with Crippen molar-refractivity contribution in [3.63, 3.8) is 0 Å². The normalized spacial score (nSPS) is 10.1. The van der Waals surface area contributed by atoms with E-state index in [1.54, 1.807) is 18.5 Å². The van der Waals surface area contributed by atoms with Crippen LogP contribution < -0.4 is 10.1 Å². The van der Waals surface area contributed by atoms with Crippen LogP contribution in [-0.4, -0.2) is 11.6 Å². The number of ether oxygens (including phenoxy) is 1. The molecule has 18 heavy (non-hydrogen) atoms. The van der Waals surface area contributed by atoms with Crippen molar-refractivity contribution in [2.24, 2.45) is 0 Å². The minimum atomic E-state index is 0.654. The Hall–Kier alpha value is -1.74. The smallest absolute Gasteiger partial charge is 0.124 e. The second-order valence-corrected chi connectivity index (χ2v) is 4.16. The third-order valence-corrected chi connectivity index (χ3v) is 2.84. The van der Waals surface area contributed by atoms with Crippen LogP contribution in [0.25, 0.3) is 0 Å². The molecule has 0 spiro atoms. The molecule has 1 heterocycles. The Morgan fingerprint density at radius 2 is 2.11 bits per heavy atom. The molecule has 0 aliphatic rings. The predicted molar refractivity (Wildman–Crippen MR) is 74.2 cm³/mol. The molecule has 1 N–H and O–H groups in total. The molecular weight excluding hydrogens is 248 g/mol. The number of pyridine rings is 1. The zero-order valence-electron chi connectivity index (χ0n) is 10.2. The van der Waals surface area contributed by atoms with Crippen molar-refractivity contribution in [2.45, 2.75) is 13.5 Å². The zero-order valence-corrected chi connectivity index (χ0v) is 10.9. The van der Waals surface area contributed by atoms with E-state index in [1.807, 2.05) is 31.2 Å². The fourth-order valence-corrected chi connectivity index (χ4v) is 1.82. The Balaban J connectivity index is 2.08. The Labute approximate surface area is 112 Å². The summed E-state index contributed by atoms with van der Waals surface area (Å²) in [4.78, 5) is 4.04. The first-order chi connectivity index (χ1) is 8.81. The lowest BCUT2D eigenvalue weighted by Crippen LogP contribution is -2.03. The van der Waals surface area contributed by atoms with Crippen molar-refractivity contribution in [1.82, 2.24) is 4.98 Å². The summed E-state index contributed by atoms with van der Waals surface area (Å²) in [6, 6.07) is 9.71. The average molecular weight is 263 g/mol. The largest absolute Gasteiger partial charge is 0.494 e. The van der Waals surface area contributed by atoms with Crippen LogP contribution >= 0.6 is 11.6 Å². The van der Waals surface area contributed by atoms with E-state index in [0.717, 1.165) is 17.0 Å². The number of benzene rings is 1. The molecule has 2 rings (SSSR count). The van der Waals surface area contributed by atoms with E-state index < -0.39 is 0 Å². The third-order valence-electron chi connectivity index (χ3n) is 2.51. The van der Waals surface area contributed by atoms with Gasteiger partial charge in [0.25, 0.3) is 0 Å². The van der Waals surface area contributed by atoms with E-state index >= 15 is 0 Å². The third kappa shape index (κ3) is 3.14. The monoisotopic (exact) mass is 262 g/mol. The molecule has 0 amide bonds. The second kappa shape index (κ2) is 6.26. The standard InChI is InChI=1S/C14H15ClN2O/c1-2-18-14-6-4-3-5-11(14)9-17-13-10-16-8-7-12(13)15/h3-8,10,17H,2,9H2,1H3. The topological polar surface area (TPSA) is 34.1 Å². The fourth-order valence-electron chi connectivity index (χ4n) is 1.64. The van der Waals surface area contributed by atoms with Crippen LogP contribution in [0.5, 0.6) is 5.75 Å². The van der Waals surface area contributed by atoms with Gasteiger partial charge in [-0.05, 0) is 19.1 Å². The molecule has 0 bridgehead atoms. The van der Waals surface area contributed by atoms with E-state index in [0.29, 0.717) is 18.2 Å². The Morgan fingerprint density at radius 1 is 1.28 bits per heavy atom. The highest BCUT2D eigenvalue weighted by Gasteiger charge is 2.03. The minimum Gasteiger partial charge on any atom is -0.494 e. The number of halogens is 1. The maximum atomic E-state index is 6.06. The molecule has 0 atom stereocenters. The molecule has 0 radical (unpaired) electrons. The number of anilines is 1. The molecule has 1 aromatic carbocycles. The molecule has 1 aromatic heterocycles. The summed E-state index contributed by atoms with van der Waals surface area (Å²) < 4.78 is 5.57. The van der Waals surface area contributed by atoms with Crippen molar-refractivity contribution in [1.29, 1.82) is 0 Å². The average Bonchev–Trinajstić information content (AvgIpc) is 2.40. The van der Waals surface area contributed by atoms with E-state index in [1.165, 1.54) is 0 Å². The van der Waals surface area contributed by atoms with E-state index in [9.17, 15) is 0 Å². The maximum Gasteiger partial charge on any atom is 0.124 e. The highest BCUT2D eigenvalue weighted by Crippen LogP contribution is 2.23. The highest BCUT2D eigenvalue weighted by atomic mass is 35.5. The number of hydrogen-bond donors (Lipinski definition) is 1. The van der Waals surface area contributed by atoms with Gasteiger partial charge in [-0.15, -0.1) is 0 Å². The van der Waals surface area contributed by atoms with Crippen LogP contribution in [-0.2, 0) is 6.54 Å². The molecule has 2 aromatic rings. The molecule has 4 heteroatoms. The van der Waals surface area contributed by atoms with Gasteiger partial charge < -0.3 is 10.1 Å². The molecule has 3 nitrogen and oxygen atoms in total. The number of nitrogens with zero attached hydrogens (tertiary/aromatic N) is 1. The number of aromatic nitrogens is 1. The SMILES string of the molecule is CCOc1ccccc1CNc1cnccc1Cl. The van der Waals surface area contributed by atoms with Gasteiger partial charge in [0.15, 0.2) is 0 Å². The number of nitrogens with one attached hydrogen (secondary N) is 1. The van der Waals surface area contributed by atoms with Crippen molar-refractivity contribution in [2.75, 3.05) is 11.9 Å². The second-order valence-electron chi connectivity index (χ2n) is 3.75. The van der Waals surface area contributed by atoms with Gasteiger partial charge in [-0.2, -0.15) is 0 Å². The fraction of sp³-hybridized carbons (Fsp3) is 0.214. The van der Waals surface area contributed by atoms with Crippen LogP contribution in [0.15, 0.2) is 42.7 Å². The minimum absolute atomic E-state index is 0.654. The van der Waals surface area contributed by atoms with Crippen LogP contribution in [0, 0.1) is 0 Å². The first-order valence-corrected chi connectivity index (χ1v) is 6.23. The van der Waals surface area contributed by atoms with Crippen LogP contribution in [0.3, 0.4) is 0 Å². The van der Waals surface area contributed by atoms with Gasteiger partial charge in [0.05, 0.1) is 23.5 Å². The van der Waals surface area contributed by atoms with Crippen LogP contribution in [0.2, 0.25) is 5.02 Å². The summed E-state index contributed by atoms with van der Waals surface area (Å²) in [5.74, 6) is 0.896. The van der Waals surface area contributed by atoms with E-state index in [4.69, 9.17) is 16.3 Å². The van der Waals surface area contributed by atoms with Crippen molar-refractivity contribution < 1.29 is 4.74 Å². The van der Waals surface area contributed by atoms with Gasteiger partial charge in [-0.25, -0.2) is 0 Å². The highest BCUT2D eigenvalue weighted by molar-refractivity contribution is 6.33. The Kier molecular flexibility index (Phi) is 4.42. The molecule has 0 saturated heterocycles. The van der Waals surface area contributed by atoms with Gasteiger partial charge in [0.1, 0.15) is 5.75 Å². The molecule has 0 aliphatic carbocycles. The zero-order chi connectivity index (χ0) is 12.8. The molecule has 0 fully saturated rings. The van der Waals surface area contributed by atoms with Gasteiger partial charge in [-0.3, -0.25) is 4.98 Å². The lowest BCUT2D eigenvalue weighted by atomic mass is 10.2. The van der Waals surface area contributed by atoms with Crippen LogP contribution in [0.1, 0.15) is 12.5 Å². The first kappa shape index (κ1) is 12.7. The Bertz CT molecular complexity index is 517. The first-order valence-electron chi connectivity index (χ1n) is 5.85. The number of para-hydroxylation sites is 1. The van der Waals surface area contributed by atoms with Crippen LogP contribution in [0.4, 0.5) is 5.69 Å². The molecule has 0 aliphatic heterocycles. The van der Waals surface area contributed by atoms with E-state index in [2.05, 4.69) is 10.3 Å².